The zero-order valence-electron chi connectivity index (χ0n) is 14.4. The van der Waals surface area contributed by atoms with Gasteiger partial charge in [0.15, 0.2) is 0 Å². The average Bonchev–Trinajstić information content (AvgIpc) is 3.29. The van der Waals surface area contributed by atoms with Crippen molar-refractivity contribution in [2.45, 2.75) is 38.0 Å². The van der Waals surface area contributed by atoms with E-state index in [2.05, 4.69) is 44.9 Å². The largest absolute Gasteiger partial charge is 0.352 e. The van der Waals surface area contributed by atoms with Crippen LogP contribution >= 0.6 is 0 Å². The Hall–Kier alpha value is -2.18. The lowest BCUT2D eigenvalue weighted by atomic mass is 10.1. The molecule has 2 heterocycles. The van der Waals surface area contributed by atoms with Crippen molar-refractivity contribution < 1.29 is 4.79 Å². The van der Waals surface area contributed by atoms with Crippen molar-refractivity contribution in [1.29, 1.82) is 0 Å². The Morgan fingerprint density at radius 3 is 2.72 bits per heavy atom. The molecule has 4 rings (SSSR count). The maximum Gasteiger partial charge on any atom is 0.238 e. The first-order valence-electron chi connectivity index (χ1n) is 9.08. The Kier molecular flexibility index (Phi) is 4.81. The molecule has 0 radical (unpaired) electrons. The fourth-order valence-electron chi connectivity index (χ4n) is 3.33. The van der Waals surface area contributed by atoms with Gasteiger partial charge in [0.2, 0.25) is 5.91 Å². The monoisotopic (exact) mass is 339 g/mol. The maximum atomic E-state index is 12.3. The minimum Gasteiger partial charge on any atom is -0.352 e. The maximum absolute atomic E-state index is 12.3. The van der Waals surface area contributed by atoms with Gasteiger partial charge in [0.1, 0.15) is 0 Å². The van der Waals surface area contributed by atoms with Gasteiger partial charge in [0.25, 0.3) is 0 Å². The normalized spacial score (nSPS) is 21.2. The summed E-state index contributed by atoms with van der Waals surface area (Å²) in [6.07, 6.45) is 6.05. The molecule has 25 heavy (non-hydrogen) atoms. The molecule has 2 aromatic rings. The van der Waals surface area contributed by atoms with Gasteiger partial charge >= 0.3 is 0 Å². The second-order valence-corrected chi connectivity index (χ2v) is 7.00. The number of amides is 1. The van der Waals surface area contributed by atoms with Crippen LogP contribution in [0.25, 0.3) is 0 Å². The topological polar surface area (TPSA) is 62.2 Å². The third-order valence-electron chi connectivity index (χ3n) is 4.90. The number of rotatable bonds is 6. The van der Waals surface area contributed by atoms with Crippen molar-refractivity contribution in [1.82, 2.24) is 25.3 Å². The second kappa shape index (κ2) is 7.37. The van der Waals surface area contributed by atoms with Gasteiger partial charge in [-0.15, -0.1) is 0 Å². The number of nitrogens with one attached hydrogen (secondary N) is 2. The molecule has 2 fully saturated rings. The molecule has 0 unspecified atom stereocenters. The summed E-state index contributed by atoms with van der Waals surface area (Å²) in [5, 5.41) is 10.8. The number of piperazine rings is 1. The van der Waals surface area contributed by atoms with Crippen molar-refractivity contribution in [3.63, 3.8) is 0 Å². The number of benzene rings is 1. The molecule has 0 spiro atoms. The van der Waals surface area contributed by atoms with Crippen molar-refractivity contribution in [2.24, 2.45) is 0 Å². The first kappa shape index (κ1) is 16.3. The minimum atomic E-state index is -0.104. The summed E-state index contributed by atoms with van der Waals surface area (Å²) in [5.74, 6) is 0.150. The van der Waals surface area contributed by atoms with E-state index in [1.165, 1.54) is 11.1 Å². The summed E-state index contributed by atoms with van der Waals surface area (Å²) in [4.78, 5) is 14.7. The summed E-state index contributed by atoms with van der Waals surface area (Å²) in [5.41, 5.74) is 2.59. The zero-order chi connectivity index (χ0) is 17.1. The van der Waals surface area contributed by atoms with Gasteiger partial charge in [0, 0.05) is 44.6 Å². The van der Waals surface area contributed by atoms with Crippen LogP contribution in [0.2, 0.25) is 0 Å². The lowest BCUT2D eigenvalue weighted by molar-refractivity contribution is -0.124. The minimum absolute atomic E-state index is 0.104. The van der Waals surface area contributed by atoms with E-state index in [1.54, 1.807) is 0 Å². The molecule has 1 aromatic heterocycles. The van der Waals surface area contributed by atoms with Crippen LogP contribution in [0.1, 0.15) is 24.0 Å². The van der Waals surface area contributed by atoms with Crippen LogP contribution in [0.5, 0.6) is 0 Å². The van der Waals surface area contributed by atoms with Gasteiger partial charge < -0.3 is 10.6 Å². The number of nitrogens with zero attached hydrogens (tertiary/aromatic N) is 3. The van der Waals surface area contributed by atoms with Crippen LogP contribution in [0, 0.1) is 0 Å². The molecule has 1 aliphatic carbocycles. The Labute approximate surface area is 148 Å². The van der Waals surface area contributed by atoms with Crippen LogP contribution in [0.3, 0.4) is 0 Å². The van der Waals surface area contributed by atoms with Crippen molar-refractivity contribution in [3.05, 3.63) is 53.9 Å². The van der Waals surface area contributed by atoms with E-state index in [0.29, 0.717) is 6.04 Å². The van der Waals surface area contributed by atoms with Crippen molar-refractivity contribution >= 4 is 5.91 Å². The van der Waals surface area contributed by atoms with Gasteiger partial charge in [-0.05, 0) is 30.0 Å². The Morgan fingerprint density at radius 2 is 2.00 bits per heavy atom. The van der Waals surface area contributed by atoms with Crippen molar-refractivity contribution in [2.75, 3.05) is 19.6 Å². The highest BCUT2D eigenvalue weighted by Crippen LogP contribution is 2.19. The highest BCUT2D eigenvalue weighted by molar-refractivity contribution is 5.82. The number of hydrogen-bond acceptors (Lipinski definition) is 4. The first-order valence-corrected chi connectivity index (χ1v) is 9.08. The van der Waals surface area contributed by atoms with Crippen LogP contribution in [0.4, 0.5) is 0 Å². The molecule has 1 atom stereocenters. The van der Waals surface area contributed by atoms with E-state index in [0.717, 1.165) is 45.6 Å². The third kappa shape index (κ3) is 4.27. The Morgan fingerprint density at radius 1 is 1.20 bits per heavy atom. The van der Waals surface area contributed by atoms with Crippen LogP contribution in [0.15, 0.2) is 42.7 Å². The SMILES string of the molecule is O=C(NC1CC1)[C@@H]1CN(Cc2ccccc2Cn2cccn2)CCN1. The zero-order valence-corrected chi connectivity index (χ0v) is 14.4. The molecule has 2 N–H and O–H groups in total. The lowest BCUT2D eigenvalue weighted by Crippen LogP contribution is -2.57. The number of hydrogen-bond donors (Lipinski definition) is 2. The molecule has 1 aliphatic heterocycles. The van der Waals surface area contributed by atoms with Crippen LogP contribution < -0.4 is 10.6 Å². The van der Waals surface area contributed by atoms with Crippen molar-refractivity contribution in [3.8, 4) is 0 Å². The van der Waals surface area contributed by atoms with Gasteiger partial charge in [-0.25, -0.2) is 0 Å². The molecule has 1 saturated heterocycles. The average molecular weight is 339 g/mol. The molecular weight excluding hydrogens is 314 g/mol. The van der Waals surface area contributed by atoms with Gasteiger partial charge in [-0.1, -0.05) is 24.3 Å². The number of carbonyl (C=O) groups is 1. The van der Waals surface area contributed by atoms with Crippen LogP contribution in [-0.4, -0.2) is 52.3 Å². The highest BCUT2D eigenvalue weighted by Gasteiger charge is 2.30. The quantitative estimate of drug-likeness (QED) is 0.824. The van der Waals surface area contributed by atoms with E-state index in [4.69, 9.17) is 0 Å². The summed E-state index contributed by atoms with van der Waals surface area (Å²) in [6, 6.07) is 10.8. The summed E-state index contributed by atoms with van der Waals surface area (Å²) >= 11 is 0. The van der Waals surface area contributed by atoms with Gasteiger partial charge in [0.05, 0.1) is 12.6 Å². The molecule has 1 amide bonds. The van der Waals surface area contributed by atoms with E-state index < -0.39 is 0 Å². The first-order chi connectivity index (χ1) is 12.3. The molecular formula is C19H25N5O. The molecule has 6 nitrogen and oxygen atoms in total. The van der Waals surface area contributed by atoms with Gasteiger partial charge in [-0.2, -0.15) is 5.10 Å². The molecule has 2 aliphatic rings. The standard InChI is InChI=1S/C19H25N5O/c25-19(22-17-6-7-17)18-14-23(11-9-20-18)12-15-4-1-2-5-16(15)13-24-10-3-8-21-24/h1-5,8,10,17-18,20H,6-7,9,11-14H2,(H,22,25)/t18-/m0/s1. The molecule has 1 saturated carbocycles. The molecule has 0 bridgehead atoms. The van der Waals surface area contributed by atoms with E-state index in [-0.39, 0.29) is 11.9 Å². The summed E-state index contributed by atoms with van der Waals surface area (Å²) < 4.78 is 1.95. The van der Waals surface area contributed by atoms with E-state index in [9.17, 15) is 4.79 Å². The molecule has 1 aromatic carbocycles. The summed E-state index contributed by atoms with van der Waals surface area (Å²) in [6.45, 7) is 4.22. The fraction of sp³-hybridized carbons (Fsp3) is 0.474. The predicted molar refractivity (Wildman–Crippen MR) is 96.0 cm³/mol. The Balaban J connectivity index is 1.40. The van der Waals surface area contributed by atoms with Crippen LogP contribution in [-0.2, 0) is 17.9 Å². The molecule has 132 valence electrons. The number of carbonyl (C=O) groups excluding carboxylic acids is 1. The van der Waals surface area contributed by atoms with Gasteiger partial charge in [-0.3, -0.25) is 14.4 Å². The van der Waals surface area contributed by atoms with E-state index >= 15 is 0 Å². The smallest absolute Gasteiger partial charge is 0.238 e. The third-order valence-corrected chi connectivity index (χ3v) is 4.90. The highest BCUT2D eigenvalue weighted by atomic mass is 16.2. The lowest BCUT2D eigenvalue weighted by Gasteiger charge is -2.33. The predicted octanol–water partition coefficient (Wildman–Crippen LogP) is 0.984. The fourth-order valence-corrected chi connectivity index (χ4v) is 3.33. The molecule has 6 heteroatoms. The Bertz CT molecular complexity index is 710. The number of aromatic nitrogens is 2. The summed E-state index contributed by atoms with van der Waals surface area (Å²) in [7, 11) is 0. The second-order valence-electron chi connectivity index (χ2n) is 7.00. The van der Waals surface area contributed by atoms with E-state index in [1.807, 2.05) is 23.1 Å².